The van der Waals surface area contributed by atoms with Gasteiger partial charge in [0.05, 0.1) is 4.92 Å². The van der Waals surface area contributed by atoms with Gasteiger partial charge in [0.15, 0.2) is 5.11 Å². The number of nitrogens with zero attached hydrogens (tertiary/aromatic N) is 3. The molecule has 0 bridgehead atoms. The van der Waals surface area contributed by atoms with Crippen LogP contribution in [0.4, 0.5) is 5.69 Å². The second kappa shape index (κ2) is 6.76. The van der Waals surface area contributed by atoms with Gasteiger partial charge in [0, 0.05) is 36.3 Å². The van der Waals surface area contributed by atoms with E-state index < -0.39 is 16.7 Å². The summed E-state index contributed by atoms with van der Waals surface area (Å²) in [5, 5.41) is 13.4. The lowest BCUT2D eigenvalue weighted by Crippen LogP contribution is -2.52. The van der Waals surface area contributed by atoms with Crippen molar-refractivity contribution in [1.82, 2.24) is 14.8 Å². The summed E-state index contributed by atoms with van der Waals surface area (Å²) in [4.78, 5) is 36.1. The molecule has 1 saturated heterocycles. The number of carbonyl (C=O) groups excluding carboxylic acids is 2. The molecule has 0 atom stereocenters. The fraction of sp³-hybridized carbons (Fsp3) is 0.167. The fourth-order valence-electron chi connectivity index (χ4n) is 2.96. The molecule has 27 heavy (non-hydrogen) atoms. The maximum Gasteiger partial charge on any atom is 0.269 e. The predicted molar refractivity (Wildman–Crippen MR) is 103 cm³/mol. The number of nitro groups is 1. The summed E-state index contributed by atoms with van der Waals surface area (Å²) >= 11 is 4.94. The van der Waals surface area contributed by atoms with Crippen molar-refractivity contribution in [3.05, 3.63) is 63.0 Å². The van der Waals surface area contributed by atoms with E-state index in [1.807, 2.05) is 24.5 Å². The minimum atomic E-state index is -0.539. The van der Waals surface area contributed by atoms with Crippen LogP contribution in [0.25, 0.3) is 11.8 Å². The van der Waals surface area contributed by atoms with Crippen LogP contribution in [-0.2, 0) is 9.59 Å². The van der Waals surface area contributed by atoms with E-state index in [1.165, 1.54) is 30.2 Å². The van der Waals surface area contributed by atoms with E-state index in [4.69, 9.17) is 12.2 Å². The largest absolute Gasteiger partial charge is 0.318 e. The summed E-state index contributed by atoms with van der Waals surface area (Å²) in [5.74, 6) is -1.01. The number of thiocarbonyl (C=S) groups is 1. The van der Waals surface area contributed by atoms with E-state index in [-0.39, 0.29) is 16.4 Å². The van der Waals surface area contributed by atoms with E-state index in [2.05, 4.69) is 5.32 Å². The Labute approximate surface area is 160 Å². The van der Waals surface area contributed by atoms with Gasteiger partial charge in [0.2, 0.25) is 0 Å². The van der Waals surface area contributed by atoms with Crippen molar-refractivity contribution in [3.8, 4) is 5.69 Å². The van der Waals surface area contributed by atoms with Crippen LogP contribution < -0.4 is 5.32 Å². The number of nitrogens with one attached hydrogen (secondary N) is 1. The van der Waals surface area contributed by atoms with E-state index >= 15 is 0 Å². The van der Waals surface area contributed by atoms with Gasteiger partial charge in [-0.1, -0.05) is 0 Å². The van der Waals surface area contributed by atoms with E-state index in [0.717, 1.165) is 17.1 Å². The van der Waals surface area contributed by atoms with Gasteiger partial charge < -0.3 is 4.57 Å². The molecule has 0 unspecified atom stereocenters. The Bertz CT molecular complexity index is 1020. The maximum absolute atomic E-state index is 12.4. The highest BCUT2D eigenvalue weighted by Gasteiger charge is 2.31. The van der Waals surface area contributed by atoms with Crippen LogP contribution in [0.2, 0.25) is 0 Å². The zero-order valence-electron chi connectivity index (χ0n) is 14.8. The van der Waals surface area contributed by atoms with E-state index in [0.29, 0.717) is 5.56 Å². The second-order valence-corrected chi connectivity index (χ2v) is 6.50. The molecule has 9 heteroatoms. The first kappa shape index (κ1) is 18.5. The topological polar surface area (TPSA) is 97.5 Å². The maximum atomic E-state index is 12.4. The normalized spacial score (nSPS) is 16.0. The molecule has 1 aromatic heterocycles. The molecule has 8 nitrogen and oxygen atoms in total. The summed E-state index contributed by atoms with van der Waals surface area (Å²) in [6.45, 7) is 3.72. The molecule has 0 spiro atoms. The van der Waals surface area contributed by atoms with Gasteiger partial charge in [-0.05, 0) is 55.9 Å². The molecule has 2 heterocycles. The standard InChI is InChI=1S/C18H16N4O4S/c1-10-8-12(9-15-16(23)19-18(27)20(3)17(15)24)11(2)21(10)13-4-6-14(7-5-13)22(25)26/h4-9H,1-3H3,(H,19,23,27). The predicted octanol–water partition coefficient (Wildman–Crippen LogP) is 2.26. The molecule has 0 radical (unpaired) electrons. The third-order valence-corrected chi connectivity index (χ3v) is 4.77. The highest BCUT2D eigenvalue weighted by Crippen LogP contribution is 2.25. The molecule has 0 aliphatic carbocycles. The van der Waals surface area contributed by atoms with Crippen molar-refractivity contribution in [2.75, 3.05) is 7.05 Å². The molecular weight excluding hydrogens is 368 g/mol. The minimum absolute atomic E-state index is 0.00458. The number of nitro benzene ring substituents is 1. The SMILES string of the molecule is Cc1cc(C=C2C(=O)NC(=S)N(C)C2=O)c(C)n1-c1ccc([N+](=O)[O-])cc1. The number of carbonyl (C=O) groups is 2. The van der Waals surface area contributed by atoms with Crippen molar-refractivity contribution in [1.29, 1.82) is 0 Å². The number of hydrogen-bond acceptors (Lipinski definition) is 5. The summed E-state index contributed by atoms with van der Waals surface area (Å²) in [5.41, 5.74) is 3.11. The van der Waals surface area contributed by atoms with Crippen LogP contribution in [0, 0.1) is 24.0 Å². The van der Waals surface area contributed by atoms with E-state index in [9.17, 15) is 19.7 Å². The van der Waals surface area contributed by atoms with E-state index in [1.54, 1.807) is 12.1 Å². The van der Waals surface area contributed by atoms with Crippen LogP contribution in [0.15, 0.2) is 35.9 Å². The van der Waals surface area contributed by atoms with Crippen molar-refractivity contribution in [3.63, 3.8) is 0 Å². The number of likely N-dealkylation sites (N-methyl/N-ethyl adjacent to an activating group) is 1. The summed E-state index contributed by atoms with van der Waals surface area (Å²) in [6, 6.07) is 8.01. The van der Waals surface area contributed by atoms with Crippen molar-refractivity contribution < 1.29 is 14.5 Å². The van der Waals surface area contributed by atoms with Crippen LogP contribution in [-0.4, -0.2) is 38.4 Å². The Morgan fingerprint density at radius 3 is 2.41 bits per heavy atom. The first-order valence-corrected chi connectivity index (χ1v) is 8.40. The van der Waals surface area contributed by atoms with Crippen LogP contribution in [0.5, 0.6) is 0 Å². The average Bonchev–Trinajstić information content (AvgIpc) is 2.90. The minimum Gasteiger partial charge on any atom is -0.318 e. The third kappa shape index (κ3) is 3.24. The molecule has 1 aliphatic heterocycles. The number of non-ortho nitro benzene ring substituents is 1. The van der Waals surface area contributed by atoms with Gasteiger partial charge in [-0.15, -0.1) is 0 Å². The number of amides is 2. The molecule has 1 fully saturated rings. The Morgan fingerprint density at radius 1 is 1.19 bits per heavy atom. The van der Waals surface area contributed by atoms with Gasteiger partial charge in [-0.25, -0.2) is 0 Å². The fourth-order valence-corrected chi connectivity index (χ4v) is 3.13. The van der Waals surface area contributed by atoms with Gasteiger partial charge in [-0.3, -0.25) is 29.9 Å². The van der Waals surface area contributed by atoms with Gasteiger partial charge in [-0.2, -0.15) is 0 Å². The number of aromatic nitrogens is 1. The molecule has 1 aliphatic rings. The van der Waals surface area contributed by atoms with Crippen molar-refractivity contribution >= 4 is 40.9 Å². The third-order valence-electron chi connectivity index (χ3n) is 4.39. The lowest BCUT2D eigenvalue weighted by molar-refractivity contribution is -0.384. The highest BCUT2D eigenvalue weighted by atomic mass is 32.1. The lowest BCUT2D eigenvalue weighted by atomic mass is 10.1. The molecule has 3 rings (SSSR count). The van der Waals surface area contributed by atoms with Gasteiger partial charge in [0.25, 0.3) is 17.5 Å². The van der Waals surface area contributed by atoms with Crippen LogP contribution in [0.3, 0.4) is 0 Å². The number of hydrogen-bond donors (Lipinski definition) is 1. The van der Waals surface area contributed by atoms with Gasteiger partial charge in [0.1, 0.15) is 5.57 Å². The first-order chi connectivity index (χ1) is 12.7. The smallest absolute Gasteiger partial charge is 0.269 e. The molecular formula is C18H16N4O4S. The zero-order chi connectivity index (χ0) is 19.9. The Kier molecular flexibility index (Phi) is 4.63. The highest BCUT2D eigenvalue weighted by molar-refractivity contribution is 7.80. The lowest BCUT2D eigenvalue weighted by Gasteiger charge is -2.25. The monoisotopic (exact) mass is 384 g/mol. The van der Waals surface area contributed by atoms with Crippen LogP contribution in [0.1, 0.15) is 17.0 Å². The number of rotatable bonds is 3. The molecule has 0 saturated carbocycles. The van der Waals surface area contributed by atoms with Crippen molar-refractivity contribution in [2.45, 2.75) is 13.8 Å². The zero-order valence-corrected chi connectivity index (χ0v) is 15.7. The Balaban J connectivity index is 2.03. The molecule has 1 aromatic carbocycles. The quantitative estimate of drug-likeness (QED) is 0.288. The number of benzene rings is 1. The van der Waals surface area contributed by atoms with Crippen molar-refractivity contribution in [2.24, 2.45) is 0 Å². The number of aryl methyl sites for hydroxylation is 1. The molecule has 2 aromatic rings. The summed E-state index contributed by atoms with van der Waals surface area (Å²) < 4.78 is 1.90. The summed E-state index contributed by atoms with van der Waals surface area (Å²) in [6.07, 6.45) is 1.53. The van der Waals surface area contributed by atoms with Gasteiger partial charge >= 0.3 is 0 Å². The van der Waals surface area contributed by atoms with Crippen LogP contribution >= 0.6 is 12.2 Å². The average molecular weight is 384 g/mol. The molecule has 2 amide bonds. The second-order valence-electron chi connectivity index (χ2n) is 6.12. The molecule has 1 N–H and O–H groups in total. The molecule has 138 valence electrons. The Morgan fingerprint density at radius 2 is 1.81 bits per heavy atom. The Hall–Kier alpha value is -3.33. The first-order valence-electron chi connectivity index (χ1n) is 7.99. The summed E-state index contributed by atoms with van der Waals surface area (Å²) in [7, 11) is 1.50.